The van der Waals surface area contributed by atoms with E-state index < -0.39 is 0 Å². The molecule has 1 unspecified atom stereocenters. The van der Waals surface area contributed by atoms with Gasteiger partial charge in [-0.1, -0.05) is 36.4 Å². The molecule has 2 nitrogen and oxygen atoms in total. The number of benzene rings is 1. The van der Waals surface area contributed by atoms with Crippen LogP contribution < -0.4 is 0 Å². The van der Waals surface area contributed by atoms with E-state index in [1.807, 2.05) is 18.2 Å². The first-order chi connectivity index (χ1) is 7.36. The van der Waals surface area contributed by atoms with Gasteiger partial charge < -0.3 is 9.47 Å². The number of hydrogen-bond donors (Lipinski definition) is 0. The quantitative estimate of drug-likeness (QED) is 0.702. The fraction of sp³-hybridized carbons (Fsp3) is 0.385. The predicted octanol–water partition coefficient (Wildman–Crippen LogP) is 2.55. The van der Waals surface area contributed by atoms with Gasteiger partial charge in [-0.15, -0.1) is 0 Å². The summed E-state index contributed by atoms with van der Waals surface area (Å²) in [5, 5.41) is 0. The predicted molar refractivity (Wildman–Crippen MR) is 59.6 cm³/mol. The Morgan fingerprint density at radius 3 is 2.73 bits per heavy atom. The van der Waals surface area contributed by atoms with Gasteiger partial charge in [0.25, 0.3) is 0 Å². The van der Waals surface area contributed by atoms with Crippen LogP contribution in [0.3, 0.4) is 0 Å². The molecule has 0 spiro atoms. The standard InChI is InChI=1S/C13H16O2/c1-11-13(7-8-15-11)10-14-9-12-5-3-2-4-6-12/h2-7,11H,8-10H2,1H3. The van der Waals surface area contributed by atoms with Crippen molar-refractivity contribution in [1.29, 1.82) is 0 Å². The Labute approximate surface area is 90.5 Å². The molecule has 2 heteroatoms. The molecule has 1 aromatic carbocycles. The van der Waals surface area contributed by atoms with Crippen molar-refractivity contribution in [2.24, 2.45) is 0 Å². The van der Waals surface area contributed by atoms with Crippen molar-refractivity contribution in [1.82, 2.24) is 0 Å². The van der Waals surface area contributed by atoms with Crippen LogP contribution in [-0.4, -0.2) is 19.3 Å². The third-order valence-electron chi connectivity index (χ3n) is 2.59. The summed E-state index contributed by atoms with van der Waals surface area (Å²) in [5.74, 6) is 0. The molecule has 15 heavy (non-hydrogen) atoms. The number of hydrogen-bond acceptors (Lipinski definition) is 2. The van der Waals surface area contributed by atoms with E-state index in [0.717, 1.165) is 6.61 Å². The Hall–Kier alpha value is -1.12. The van der Waals surface area contributed by atoms with Crippen molar-refractivity contribution in [3.05, 3.63) is 47.5 Å². The van der Waals surface area contributed by atoms with E-state index in [2.05, 4.69) is 25.1 Å². The minimum Gasteiger partial charge on any atom is -0.372 e. The molecule has 0 radical (unpaired) electrons. The second-order valence-corrected chi connectivity index (χ2v) is 3.73. The fourth-order valence-electron chi connectivity index (χ4n) is 1.61. The van der Waals surface area contributed by atoms with Crippen LogP contribution in [0.2, 0.25) is 0 Å². The lowest BCUT2D eigenvalue weighted by atomic mass is 10.2. The summed E-state index contributed by atoms with van der Waals surface area (Å²) >= 11 is 0. The molecule has 0 N–H and O–H groups in total. The molecule has 1 atom stereocenters. The van der Waals surface area contributed by atoms with Crippen LogP contribution in [0.5, 0.6) is 0 Å². The molecule has 0 saturated heterocycles. The molecule has 0 saturated carbocycles. The molecule has 0 amide bonds. The zero-order valence-electron chi connectivity index (χ0n) is 8.98. The Morgan fingerprint density at radius 2 is 2.07 bits per heavy atom. The topological polar surface area (TPSA) is 18.5 Å². The van der Waals surface area contributed by atoms with Gasteiger partial charge in [-0.3, -0.25) is 0 Å². The second kappa shape index (κ2) is 5.10. The molecule has 1 aliphatic heterocycles. The average molecular weight is 204 g/mol. The van der Waals surface area contributed by atoms with E-state index in [9.17, 15) is 0 Å². The third kappa shape index (κ3) is 2.91. The summed E-state index contributed by atoms with van der Waals surface area (Å²) < 4.78 is 11.0. The van der Waals surface area contributed by atoms with Crippen LogP contribution in [0, 0.1) is 0 Å². The lowest BCUT2D eigenvalue weighted by Crippen LogP contribution is -2.09. The van der Waals surface area contributed by atoms with Crippen LogP contribution in [0.1, 0.15) is 12.5 Å². The van der Waals surface area contributed by atoms with E-state index in [4.69, 9.17) is 9.47 Å². The summed E-state index contributed by atoms with van der Waals surface area (Å²) in [6.07, 6.45) is 2.33. The van der Waals surface area contributed by atoms with Crippen LogP contribution in [0.4, 0.5) is 0 Å². The van der Waals surface area contributed by atoms with Crippen molar-refractivity contribution in [3.63, 3.8) is 0 Å². The molecule has 2 rings (SSSR count). The van der Waals surface area contributed by atoms with Crippen LogP contribution >= 0.6 is 0 Å². The van der Waals surface area contributed by atoms with Gasteiger partial charge in [0, 0.05) is 0 Å². The van der Waals surface area contributed by atoms with Crippen LogP contribution in [0.25, 0.3) is 0 Å². The molecule has 0 aromatic heterocycles. The summed E-state index contributed by atoms with van der Waals surface area (Å²) in [5.41, 5.74) is 2.47. The number of ether oxygens (including phenoxy) is 2. The summed E-state index contributed by atoms with van der Waals surface area (Å²) in [6.45, 7) is 4.14. The van der Waals surface area contributed by atoms with Gasteiger partial charge >= 0.3 is 0 Å². The second-order valence-electron chi connectivity index (χ2n) is 3.73. The van der Waals surface area contributed by atoms with E-state index in [1.54, 1.807) is 0 Å². The van der Waals surface area contributed by atoms with E-state index in [0.29, 0.717) is 13.2 Å². The number of rotatable bonds is 4. The normalized spacial score (nSPS) is 20.3. The molecule has 1 heterocycles. The van der Waals surface area contributed by atoms with E-state index in [1.165, 1.54) is 11.1 Å². The molecule has 0 aliphatic carbocycles. The van der Waals surface area contributed by atoms with Crippen molar-refractivity contribution in [2.75, 3.05) is 13.2 Å². The molecule has 0 fully saturated rings. The summed E-state index contributed by atoms with van der Waals surface area (Å²) in [6, 6.07) is 10.2. The maximum atomic E-state index is 5.63. The molecular weight excluding hydrogens is 188 g/mol. The van der Waals surface area contributed by atoms with Gasteiger partial charge in [0.05, 0.1) is 25.9 Å². The van der Waals surface area contributed by atoms with Crippen molar-refractivity contribution in [3.8, 4) is 0 Å². The average Bonchev–Trinajstić information content (AvgIpc) is 2.66. The summed E-state index contributed by atoms with van der Waals surface area (Å²) in [7, 11) is 0. The van der Waals surface area contributed by atoms with Gasteiger partial charge in [-0.25, -0.2) is 0 Å². The van der Waals surface area contributed by atoms with Gasteiger partial charge in [0.2, 0.25) is 0 Å². The van der Waals surface area contributed by atoms with E-state index >= 15 is 0 Å². The highest BCUT2D eigenvalue weighted by Crippen LogP contribution is 2.14. The minimum absolute atomic E-state index is 0.223. The van der Waals surface area contributed by atoms with Crippen molar-refractivity contribution < 1.29 is 9.47 Å². The van der Waals surface area contributed by atoms with E-state index in [-0.39, 0.29) is 6.10 Å². The highest BCUT2D eigenvalue weighted by atomic mass is 16.5. The zero-order chi connectivity index (χ0) is 10.5. The fourth-order valence-corrected chi connectivity index (χ4v) is 1.61. The largest absolute Gasteiger partial charge is 0.372 e. The Kier molecular flexibility index (Phi) is 3.54. The molecule has 1 aliphatic rings. The highest BCUT2D eigenvalue weighted by Gasteiger charge is 2.14. The minimum atomic E-state index is 0.223. The van der Waals surface area contributed by atoms with Crippen LogP contribution in [-0.2, 0) is 16.1 Å². The third-order valence-corrected chi connectivity index (χ3v) is 2.59. The van der Waals surface area contributed by atoms with Crippen LogP contribution in [0.15, 0.2) is 42.0 Å². The Bertz CT molecular complexity index is 330. The van der Waals surface area contributed by atoms with Gasteiger partial charge in [-0.2, -0.15) is 0 Å². The zero-order valence-corrected chi connectivity index (χ0v) is 8.98. The first-order valence-corrected chi connectivity index (χ1v) is 5.28. The van der Waals surface area contributed by atoms with Gasteiger partial charge in [-0.05, 0) is 18.1 Å². The monoisotopic (exact) mass is 204 g/mol. The highest BCUT2D eigenvalue weighted by molar-refractivity contribution is 5.15. The molecule has 0 bridgehead atoms. The molecule has 80 valence electrons. The lowest BCUT2D eigenvalue weighted by molar-refractivity contribution is 0.102. The lowest BCUT2D eigenvalue weighted by Gasteiger charge is -2.09. The summed E-state index contributed by atoms with van der Waals surface area (Å²) in [4.78, 5) is 0. The maximum absolute atomic E-state index is 5.63. The van der Waals surface area contributed by atoms with Crippen molar-refractivity contribution in [2.45, 2.75) is 19.6 Å². The molecule has 1 aromatic rings. The Morgan fingerprint density at radius 1 is 1.27 bits per heavy atom. The van der Waals surface area contributed by atoms with Gasteiger partial charge in [0.15, 0.2) is 0 Å². The van der Waals surface area contributed by atoms with Crippen molar-refractivity contribution >= 4 is 0 Å². The Balaban J connectivity index is 1.76. The molecular formula is C13H16O2. The van der Waals surface area contributed by atoms with Gasteiger partial charge in [0.1, 0.15) is 0 Å². The maximum Gasteiger partial charge on any atom is 0.0784 e. The SMILES string of the molecule is CC1OCC=C1COCc1ccccc1. The smallest absolute Gasteiger partial charge is 0.0784 e. The first kappa shape index (κ1) is 10.4. The first-order valence-electron chi connectivity index (χ1n) is 5.28.